The van der Waals surface area contributed by atoms with E-state index in [2.05, 4.69) is 23.8 Å². The van der Waals surface area contributed by atoms with E-state index < -0.39 is 0 Å². The lowest BCUT2D eigenvalue weighted by Gasteiger charge is -2.45. The Kier molecular flexibility index (Phi) is 4.42. The molecule has 2 aliphatic rings. The summed E-state index contributed by atoms with van der Waals surface area (Å²) in [5.41, 5.74) is 6.11. The molecule has 2 rings (SSSR count). The van der Waals surface area contributed by atoms with Gasteiger partial charge in [0.15, 0.2) is 0 Å². The van der Waals surface area contributed by atoms with Crippen LogP contribution in [-0.2, 0) is 4.74 Å². The standard InChI is InChI=1S/C13H27N3O/c1-3-16-7-4-12(5-8-16)15(2)13(10-14)6-9-17-11-13/h12H,3-11,14H2,1-2H3. The fourth-order valence-corrected chi connectivity index (χ4v) is 3.19. The molecule has 2 heterocycles. The zero-order valence-electron chi connectivity index (χ0n) is 11.3. The first-order valence-corrected chi connectivity index (χ1v) is 6.95. The molecular weight excluding hydrogens is 214 g/mol. The van der Waals surface area contributed by atoms with Crippen molar-refractivity contribution in [1.29, 1.82) is 0 Å². The third-order valence-electron chi connectivity index (χ3n) is 4.76. The highest BCUT2D eigenvalue weighted by atomic mass is 16.5. The number of likely N-dealkylation sites (tertiary alicyclic amines) is 1. The summed E-state index contributed by atoms with van der Waals surface area (Å²) in [4.78, 5) is 5.05. The summed E-state index contributed by atoms with van der Waals surface area (Å²) in [6.07, 6.45) is 3.63. The highest BCUT2D eigenvalue weighted by molar-refractivity contribution is 4.97. The fraction of sp³-hybridized carbons (Fsp3) is 1.00. The first kappa shape index (κ1) is 13.3. The van der Waals surface area contributed by atoms with E-state index in [4.69, 9.17) is 10.5 Å². The largest absolute Gasteiger partial charge is 0.379 e. The first-order chi connectivity index (χ1) is 8.22. The van der Waals surface area contributed by atoms with E-state index in [1.807, 2.05) is 0 Å². The number of hydrogen-bond acceptors (Lipinski definition) is 4. The van der Waals surface area contributed by atoms with Gasteiger partial charge >= 0.3 is 0 Å². The molecule has 0 saturated carbocycles. The molecule has 0 aromatic carbocycles. The second kappa shape index (κ2) is 5.65. The maximum atomic E-state index is 6.00. The average Bonchev–Trinajstić information content (AvgIpc) is 2.88. The monoisotopic (exact) mass is 241 g/mol. The van der Waals surface area contributed by atoms with Crippen LogP contribution in [0, 0.1) is 0 Å². The van der Waals surface area contributed by atoms with Crippen LogP contribution in [0.15, 0.2) is 0 Å². The van der Waals surface area contributed by atoms with Crippen LogP contribution in [0.25, 0.3) is 0 Å². The predicted octanol–water partition coefficient (Wildman–Crippen LogP) is 0.520. The van der Waals surface area contributed by atoms with E-state index in [-0.39, 0.29) is 5.54 Å². The Bertz CT molecular complexity index is 233. The van der Waals surface area contributed by atoms with Crippen LogP contribution < -0.4 is 5.73 Å². The Morgan fingerprint density at radius 3 is 2.59 bits per heavy atom. The predicted molar refractivity (Wildman–Crippen MR) is 70.1 cm³/mol. The third kappa shape index (κ3) is 2.65. The molecule has 100 valence electrons. The van der Waals surface area contributed by atoms with E-state index in [0.29, 0.717) is 6.04 Å². The average molecular weight is 241 g/mol. The first-order valence-electron chi connectivity index (χ1n) is 6.95. The summed E-state index contributed by atoms with van der Waals surface area (Å²) in [5.74, 6) is 0. The van der Waals surface area contributed by atoms with Gasteiger partial charge in [-0.2, -0.15) is 0 Å². The number of ether oxygens (including phenoxy) is 1. The topological polar surface area (TPSA) is 41.7 Å². The van der Waals surface area contributed by atoms with Crippen molar-refractivity contribution in [3.63, 3.8) is 0 Å². The van der Waals surface area contributed by atoms with E-state index in [0.717, 1.165) is 26.2 Å². The normalized spacial score (nSPS) is 32.5. The van der Waals surface area contributed by atoms with Crippen LogP contribution in [0.5, 0.6) is 0 Å². The molecule has 2 aliphatic heterocycles. The fourth-order valence-electron chi connectivity index (χ4n) is 3.19. The van der Waals surface area contributed by atoms with Gasteiger partial charge in [-0.15, -0.1) is 0 Å². The minimum Gasteiger partial charge on any atom is -0.379 e. The minimum absolute atomic E-state index is 0.110. The molecule has 0 aliphatic carbocycles. The van der Waals surface area contributed by atoms with Crippen molar-refractivity contribution in [3.05, 3.63) is 0 Å². The van der Waals surface area contributed by atoms with Crippen molar-refractivity contribution in [1.82, 2.24) is 9.80 Å². The van der Waals surface area contributed by atoms with Gasteiger partial charge < -0.3 is 15.4 Å². The number of nitrogens with zero attached hydrogens (tertiary/aromatic N) is 2. The zero-order valence-corrected chi connectivity index (χ0v) is 11.3. The molecule has 0 bridgehead atoms. The molecule has 0 aromatic rings. The van der Waals surface area contributed by atoms with Gasteiger partial charge in [0.2, 0.25) is 0 Å². The van der Waals surface area contributed by atoms with Crippen molar-refractivity contribution in [2.45, 2.75) is 37.8 Å². The highest BCUT2D eigenvalue weighted by Gasteiger charge is 2.41. The number of rotatable bonds is 4. The molecule has 2 fully saturated rings. The zero-order chi connectivity index (χ0) is 12.3. The van der Waals surface area contributed by atoms with Gasteiger partial charge in [-0.3, -0.25) is 4.90 Å². The number of piperidine rings is 1. The van der Waals surface area contributed by atoms with E-state index in [9.17, 15) is 0 Å². The third-order valence-corrected chi connectivity index (χ3v) is 4.76. The van der Waals surface area contributed by atoms with Gasteiger partial charge in [-0.05, 0) is 45.9 Å². The minimum atomic E-state index is 0.110. The second-order valence-electron chi connectivity index (χ2n) is 5.51. The van der Waals surface area contributed by atoms with E-state index in [1.165, 1.54) is 32.5 Å². The molecule has 4 nitrogen and oxygen atoms in total. The molecule has 4 heteroatoms. The molecule has 0 amide bonds. The molecule has 0 radical (unpaired) electrons. The van der Waals surface area contributed by atoms with E-state index >= 15 is 0 Å². The summed E-state index contributed by atoms with van der Waals surface area (Å²) in [6, 6.07) is 0.683. The maximum Gasteiger partial charge on any atom is 0.0663 e. The Hall–Kier alpha value is -0.160. The smallest absolute Gasteiger partial charge is 0.0663 e. The number of likely N-dealkylation sites (N-methyl/N-ethyl adjacent to an activating group) is 1. The molecule has 0 aromatic heterocycles. The van der Waals surface area contributed by atoms with Crippen LogP contribution in [0.3, 0.4) is 0 Å². The van der Waals surface area contributed by atoms with Crippen molar-refractivity contribution in [2.75, 3.05) is 46.4 Å². The molecule has 2 N–H and O–H groups in total. The Morgan fingerprint density at radius 1 is 1.41 bits per heavy atom. The molecule has 1 atom stereocenters. The summed E-state index contributed by atoms with van der Waals surface area (Å²) < 4.78 is 5.57. The molecular formula is C13H27N3O. The van der Waals surface area contributed by atoms with Gasteiger partial charge in [0.05, 0.1) is 12.1 Å². The lowest BCUT2D eigenvalue weighted by molar-refractivity contribution is 0.0304. The molecule has 17 heavy (non-hydrogen) atoms. The van der Waals surface area contributed by atoms with Crippen LogP contribution in [0.2, 0.25) is 0 Å². The summed E-state index contributed by atoms with van der Waals surface area (Å²) in [7, 11) is 2.24. The van der Waals surface area contributed by atoms with Crippen LogP contribution in [0.1, 0.15) is 26.2 Å². The number of hydrogen-bond donors (Lipinski definition) is 1. The van der Waals surface area contributed by atoms with Gasteiger partial charge in [0.1, 0.15) is 0 Å². The summed E-state index contributed by atoms with van der Waals surface area (Å²) >= 11 is 0. The van der Waals surface area contributed by atoms with Crippen molar-refractivity contribution in [3.8, 4) is 0 Å². The van der Waals surface area contributed by atoms with Gasteiger partial charge in [0, 0.05) is 19.2 Å². The van der Waals surface area contributed by atoms with Crippen LogP contribution in [-0.4, -0.2) is 67.8 Å². The van der Waals surface area contributed by atoms with Crippen LogP contribution in [0.4, 0.5) is 0 Å². The molecule has 2 saturated heterocycles. The van der Waals surface area contributed by atoms with Gasteiger partial charge in [-0.25, -0.2) is 0 Å². The Morgan fingerprint density at radius 2 is 2.12 bits per heavy atom. The van der Waals surface area contributed by atoms with E-state index in [1.54, 1.807) is 0 Å². The van der Waals surface area contributed by atoms with Crippen molar-refractivity contribution in [2.24, 2.45) is 5.73 Å². The van der Waals surface area contributed by atoms with Gasteiger partial charge in [-0.1, -0.05) is 6.92 Å². The van der Waals surface area contributed by atoms with Crippen LogP contribution >= 0.6 is 0 Å². The summed E-state index contributed by atoms with van der Waals surface area (Å²) in [5, 5.41) is 0. The second-order valence-corrected chi connectivity index (χ2v) is 5.51. The SMILES string of the molecule is CCN1CCC(N(C)C2(CN)CCOC2)CC1. The molecule has 1 unspecified atom stereocenters. The Labute approximate surface area is 105 Å². The lowest BCUT2D eigenvalue weighted by atomic mass is 9.92. The highest BCUT2D eigenvalue weighted by Crippen LogP contribution is 2.29. The van der Waals surface area contributed by atoms with Crippen molar-refractivity contribution >= 4 is 0 Å². The quantitative estimate of drug-likeness (QED) is 0.779. The number of nitrogens with two attached hydrogens (primary N) is 1. The lowest BCUT2D eigenvalue weighted by Crippen LogP contribution is -2.58. The van der Waals surface area contributed by atoms with Gasteiger partial charge in [0.25, 0.3) is 0 Å². The Balaban J connectivity index is 1.93. The maximum absolute atomic E-state index is 6.00. The molecule has 0 spiro atoms. The van der Waals surface area contributed by atoms with Crippen molar-refractivity contribution < 1.29 is 4.74 Å². The summed E-state index contributed by atoms with van der Waals surface area (Å²) in [6.45, 7) is 8.29.